The molecule has 1 aliphatic rings. The number of pyridine rings is 1. The number of hydrogen-bond donors (Lipinski definition) is 1. The van der Waals surface area contributed by atoms with E-state index in [1.807, 2.05) is 0 Å². The first kappa shape index (κ1) is 20.8. The molecular formula is C19H28N4O4S. The number of rotatable bonds is 7. The van der Waals surface area contributed by atoms with Crippen molar-refractivity contribution in [1.29, 1.82) is 0 Å². The van der Waals surface area contributed by atoms with E-state index in [0.29, 0.717) is 36.6 Å². The van der Waals surface area contributed by atoms with Crippen molar-refractivity contribution in [3.05, 3.63) is 24.5 Å². The molecular weight excluding hydrogens is 380 g/mol. The van der Waals surface area contributed by atoms with Crippen molar-refractivity contribution in [1.82, 2.24) is 19.2 Å². The number of nitrogens with zero attached hydrogens (tertiary/aromatic N) is 3. The number of fused-ring (bicyclic) bond motifs is 1. The zero-order valence-electron chi connectivity index (χ0n) is 16.6. The fourth-order valence-corrected chi connectivity index (χ4v) is 4.81. The second-order valence-corrected chi connectivity index (χ2v) is 9.38. The van der Waals surface area contributed by atoms with Gasteiger partial charge in [-0.2, -0.15) is 4.31 Å². The summed E-state index contributed by atoms with van der Waals surface area (Å²) < 4.78 is 33.1. The van der Waals surface area contributed by atoms with E-state index < -0.39 is 16.1 Å². The highest BCUT2D eigenvalue weighted by molar-refractivity contribution is 7.89. The number of nitrogens with one attached hydrogen (secondary N) is 1. The van der Waals surface area contributed by atoms with Crippen LogP contribution in [-0.4, -0.2) is 72.4 Å². The molecule has 1 unspecified atom stereocenters. The fraction of sp³-hybridized carbons (Fsp3) is 0.579. The fourth-order valence-electron chi connectivity index (χ4n) is 3.24. The topological polar surface area (TPSA) is 95.6 Å². The third-order valence-electron chi connectivity index (χ3n) is 4.99. The zero-order valence-corrected chi connectivity index (χ0v) is 17.4. The average Bonchev–Trinajstić information content (AvgIpc) is 3.12. The SMILES string of the molecule is CC(C)CCOC(C)C(=O)N1CCN(S(=O)(=O)c2c[nH]c3ncccc23)CC1. The summed E-state index contributed by atoms with van der Waals surface area (Å²) in [4.78, 5) is 21.5. The van der Waals surface area contributed by atoms with Gasteiger partial charge in [-0.05, 0) is 31.4 Å². The molecule has 28 heavy (non-hydrogen) atoms. The number of aromatic nitrogens is 2. The van der Waals surface area contributed by atoms with E-state index in [2.05, 4.69) is 23.8 Å². The van der Waals surface area contributed by atoms with Gasteiger partial charge in [0.15, 0.2) is 0 Å². The highest BCUT2D eigenvalue weighted by atomic mass is 32.2. The summed E-state index contributed by atoms with van der Waals surface area (Å²) in [5.74, 6) is 0.438. The standard InChI is InChI=1S/C19H28N4O4S/c1-14(2)6-12-27-15(3)19(24)22-8-10-23(11-9-22)28(25,26)17-13-21-18-16(17)5-4-7-20-18/h4-5,7,13-15H,6,8-12H2,1-3H3,(H,20,21). The summed E-state index contributed by atoms with van der Waals surface area (Å²) in [7, 11) is -3.65. The van der Waals surface area contributed by atoms with E-state index in [4.69, 9.17) is 4.74 Å². The number of sulfonamides is 1. The molecule has 1 N–H and O–H groups in total. The Labute approximate surface area is 165 Å². The monoisotopic (exact) mass is 408 g/mol. The minimum absolute atomic E-state index is 0.0860. The van der Waals surface area contributed by atoms with Gasteiger partial charge in [0, 0.05) is 50.6 Å². The molecule has 3 heterocycles. The van der Waals surface area contributed by atoms with Crippen LogP contribution in [0.3, 0.4) is 0 Å². The van der Waals surface area contributed by atoms with Crippen LogP contribution >= 0.6 is 0 Å². The zero-order chi connectivity index (χ0) is 20.3. The molecule has 0 radical (unpaired) electrons. The molecule has 0 bridgehead atoms. The molecule has 0 aromatic carbocycles. The van der Waals surface area contributed by atoms with E-state index in [1.54, 1.807) is 30.2 Å². The van der Waals surface area contributed by atoms with Crippen molar-refractivity contribution in [2.24, 2.45) is 5.92 Å². The average molecular weight is 409 g/mol. The highest BCUT2D eigenvalue weighted by Gasteiger charge is 2.33. The summed E-state index contributed by atoms with van der Waals surface area (Å²) in [5.41, 5.74) is 0.544. The third kappa shape index (κ3) is 4.37. The molecule has 9 heteroatoms. The normalized spacial score (nSPS) is 17.4. The van der Waals surface area contributed by atoms with Crippen LogP contribution in [0, 0.1) is 5.92 Å². The Morgan fingerprint density at radius 2 is 1.96 bits per heavy atom. The number of carbonyl (C=O) groups is 1. The van der Waals surface area contributed by atoms with Crippen LogP contribution < -0.4 is 0 Å². The lowest BCUT2D eigenvalue weighted by Gasteiger charge is -2.35. The van der Waals surface area contributed by atoms with Gasteiger partial charge in [0.05, 0.1) is 0 Å². The Balaban J connectivity index is 1.61. The lowest BCUT2D eigenvalue weighted by molar-refractivity contribution is -0.144. The highest BCUT2D eigenvalue weighted by Crippen LogP contribution is 2.25. The molecule has 2 aromatic heterocycles. The number of ether oxygens (including phenoxy) is 1. The quantitative estimate of drug-likeness (QED) is 0.754. The van der Waals surface area contributed by atoms with E-state index in [0.717, 1.165) is 6.42 Å². The predicted molar refractivity (Wildman–Crippen MR) is 106 cm³/mol. The first-order valence-corrected chi connectivity index (χ1v) is 11.1. The molecule has 154 valence electrons. The van der Waals surface area contributed by atoms with Gasteiger partial charge in [-0.15, -0.1) is 0 Å². The maximum atomic E-state index is 13.0. The van der Waals surface area contributed by atoms with Crippen LogP contribution in [0.1, 0.15) is 27.2 Å². The Bertz CT molecular complexity index is 917. The van der Waals surface area contributed by atoms with E-state index in [-0.39, 0.29) is 23.9 Å². The number of H-pyrrole nitrogens is 1. The molecule has 1 atom stereocenters. The van der Waals surface area contributed by atoms with Gasteiger partial charge in [0.25, 0.3) is 5.91 Å². The molecule has 1 saturated heterocycles. The van der Waals surface area contributed by atoms with Crippen LogP contribution in [0.4, 0.5) is 0 Å². The van der Waals surface area contributed by atoms with E-state index in [1.165, 1.54) is 10.5 Å². The summed E-state index contributed by atoms with van der Waals surface area (Å²) >= 11 is 0. The molecule has 1 aliphatic heterocycles. The summed E-state index contributed by atoms with van der Waals surface area (Å²) in [6.45, 7) is 7.77. The first-order valence-electron chi connectivity index (χ1n) is 9.63. The maximum absolute atomic E-state index is 13.0. The number of piperazine rings is 1. The predicted octanol–water partition coefficient (Wildman–Crippen LogP) is 1.85. The summed E-state index contributed by atoms with van der Waals surface area (Å²) in [5, 5.41) is 0.577. The van der Waals surface area contributed by atoms with Crippen molar-refractivity contribution < 1.29 is 17.9 Å². The van der Waals surface area contributed by atoms with Gasteiger partial charge in [0.1, 0.15) is 16.6 Å². The number of aromatic amines is 1. The van der Waals surface area contributed by atoms with Crippen molar-refractivity contribution in [3.8, 4) is 0 Å². The largest absolute Gasteiger partial charge is 0.369 e. The van der Waals surface area contributed by atoms with Gasteiger partial charge in [0.2, 0.25) is 10.0 Å². The second-order valence-electron chi connectivity index (χ2n) is 7.48. The van der Waals surface area contributed by atoms with Crippen molar-refractivity contribution in [2.45, 2.75) is 38.2 Å². The molecule has 0 aliphatic carbocycles. The Kier molecular flexibility index (Phi) is 6.36. The van der Waals surface area contributed by atoms with Crippen LogP contribution in [0.15, 0.2) is 29.4 Å². The minimum atomic E-state index is -3.65. The molecule has 3 rings (SSSR count). The van der Waals surface area contributed by atoms with Crippen molar-refractivity contribution in [2.75, 3.05) is 32.8 Å². The Hall–Kier alpha value is -1.97. The second kappa shape index (κ2) is 8.59. The lowest BCUT2D eigenvalue weighted by atomic mass is 10.1. The van der Waals surface area contributed by atoms with Crippen LogP contribution in [0.25, 0.3) is 11.0 Å². The van der Waals surface area contributed by atoms with Gasteiger partial charge in [-0.1, -0.05) is 13.8 Å². The number of carbonyl (C=O) groups excluding carboxylic acids is 1. The number of amides is 1. The third-order valence-corrected chi connectivity index (χ3v) is 6.93. The van der Waals surface area contributed by atoms with Crippen LogP contribution in [0.2, 0.25) is 0 Å². The van der Waals surface area contributed by atoms with Gasteiger partial charge in [-0.3, -0.25) is 4.79 Å². The van der Waals surface area contributed by atoms with Crippen molar-refractivity contribution >= 4 is 27.0 Å². The summed E-state index contributed by atoms with van der Waals surface area (Å²) in [6, 6.07) is 3.45. The Morgan fingerprint density at radius 3 is 2.64 bits per heavy atom. The van der Waals surface area contributed by atoms with Crippen LogP contribution in [-0.2, 0) is 19.6 Å². The lowest BCUT2D eigenvalue weighted by Crippen LogP contribution is -2.52. The van der Waals surface area contributed by atoms with Gasteiger partial charge in [-0.25, -0.2) is 13.4 Å². The Morgan fingerprint density at radius 1 is 1.25 bits per heavy atom. The summed E-state index contributed by atoms with van der Waals surface area (Å²) in [6.07, 6.45) is 3.49. The molecule has 8 nitrogen and oxygen atoms in total. The van der Waals surface area contributed by atoms with E-state index in [9.17, 15) is 13.2 Å². The van der Waals surface area contributed by atoms with E-state index >= 15 is 0 Å². The smallest absolute Gasteiger partial charge is 0.251 e. The van der Waals surface area contributed by atoms with Gasteiger partial charge >= 0.3 is 0 Å². The molecule has 1 fully saturated rings. The van der Waals surface area contributed by atoms with Crippen LogP contribution in [0.5, 0.6) is 0 Å². The molecule has 0 saturated carbocycles. The molecule has 1 amide bonds. The molecule has 2 aromatic rings. The van der Waals surface area contributed by atoms with Gasteiger partial charge < -0.3 is 14.6 Å². The minimum Gasteiger partial charge on any atom is -0.369 e. The van der Waals surface area contributed by atoms with Crippen molar-refractivity contribution in [3.63, 3.8) is 0 Å². The first-order chi connectivity index (χ1) is 13.3. The molecule has 0 spiro atoms. The number of hydrogen-bond acceptors (Lipinski definition) is 5. The maximum Gasteiger partial charge on any atom is 0.251 e.